The number of carboxylic acids is 1. The predicted octanol–water partition coefficient (Wildman–Crippen LogP) is 1.40. The van der Waals surface area contributed by atoms with E-state index in [0.717, 1.165) is 6.42 Å². The molecule has 0 spiro atoms. The van der Waals surface area contributed by atoms with Crippen LogP contribution in [0.1, 0.15) is 30.1 Å². The second-order valence-corrected chi connectivity index (χ2v) is 4.48. The predicted molar refractivity (Wildman–Crippen MR) is 68.6 cm³/mol. The average Bonchev–Trinajstić information content (AvgIpc) is 2.81. The molecule has 1 atom stereocenters. The summed E-state index contributed by atoms with van der Waals surface area (Å²) in [6.45, 7) is 0. The Morgan fingerprint density at radius 3 is 2.68 bits per heavy atom. The standard InChI is InChI=1S/C13H16N4O2/c1-17-13(14-15-16-17)11(9-12(18)19)8-7-10-5-3-2-4-6-10/h2-6,11H,7-9H2,1H3,(H,18,19). The van der Waals surface area contributed by atoms with Crippen LogP contribution in [0.25, 0.3) is 0 Å². The maximum absolute atomic E-state index is 10.9. The summed E-state index contributed by atoms with van der Waals surface area (Å²) in [6.07, 6.45) is 1.57. The minimum Gasteiger partial charge on any atom is -0.481 e. The lowest BCUT2D eigenvalue weighted by Crippen LogP contribution is -2.13. The Hall–Kier alpha value is -2.24. The topological polar surface area (TPSA) is 80.9 Å². The van der Waals surface area contributed by atoms with E-state index in [1.807, 2.05) is 30.3 Å². The first-order valence-electron chi connectivity index (χ1n) is 6.15. The summed E-state index contributed by atoms with van der Waals surface area (Å²) < 4.78 is 1.54. The highest BCUT2D eigenvalue weighted by atomic mass is 16.4. The number of rotatable bonds is 6. The molecule has 1 N–H and O–H groups in total. The molecule has 2 rings (SSSR count). The van der Waals surface area contributed by atoms with Gasteiger partial charge in [0.1, 0.15) is 0 Å². The van der Waals surface area contributed by atoms with Gasteiger partial charge in [-0.3, -0.25) is 4.79 Å². The zero-order valence-corrected chi connectivity index (χ0v) is 10.7. The molecular formula is C13H16N4O2. The third-order valence-corrected chi connectivity index (χ3v) is 3.06. The molecule has 0 saturated heterocycles. The van der Waals surface area contributed by atoms with Gasteiger partial charge >= 0.3 is 5.97 Å². The van der Waals surface area contributed by atoms with Crippen LogP contribution in [0.2, 0.25) is 0 Å². The molecule has 0 saturated carbocycles. The smallest absolute Gasteiger partial charge is 0.304 e. The first kappa shape index (κ1) is 13.2. The van der Waals surface area contributed by atoms with E-state index in [0.29, 0.717) is 12.2 Å². The van der Waals surface area contributed by atoms with E-state index < -0.39 is 5.97 Å². The van der Waals surface area contributed by atoms with E-state index in [2.05, 4.69) is 15.5 Å². The number of hydrogen-bond donors (Lipinski definition) is 1. The lowest BCUT2D eigenvalue weighted by atomic mass is 9.95. The van der Waals surface area contributed by atoms with Crippen LogP contribution >= 0.6 is 0 Å². The molecular weight excluding hydrogens is 244 g/mol. The van der Waals surface area contributed by atoms with Crippen molar-refractivity contribution < 1.29 is 9.90 Å². The van der Waals surface area contributed by atoms with Crippen molar-refractivity contribution >= 4 is 5.97 Å². The first-order valence-corrected chi connectivity index (χ1v) is 6.15. The molecule has 1 unspecified atom stereocenters. The zero-order chi connectivity index (χ0) is 13.7. The van der Waals surface area contributed by atoms with E-state index >= 15 is 0 Å². The summed E-state index contributed by atoms with van der Waals surface area (Å²) in [5.74, 6) is -0.378. The van der Waals surface area contributed by atoms with Crippen molar-refractivity contribution in [1.29, 1.82) is 0 Å². The van der Waals surface area contributed by atoms with Gasteiger partial charge in [-0.05, 0) is 28.8 Å². The Morgan fingerprint density at radius 1 is 1.37 bits per heavy atom. The van der Waals surface area contributed by atoms with Crippen molar-refractivity contribution in [1.82, 2.24) is 20.2 Å². The lowest BCUT2D eigenvalue weighted by molar-refractivity contribution is -0.137. The molecule has 2 aromatic rings. The Morgan fingerprint density at radius 2 is 2.11 bits per heavy atom. The average molecular weight is 260 g/mol. The molecule has 1 heterocycles. The van der Waals surface area contributed by atoms with Crippen LogP contribution in [0.3, 0.4) is 0 Å². The van der Waals surface area contributed by atoms with Gasteiger partial charge in [-0.25, -0.2) is 4.68 Å². The second-order valence-electron chi connectivity index (χ2n) is 4.48. The normalized spacial score (nSPS) is 12.3. The summed E-state index contributed by atoms with van der Waals surface area (Å²) in [5, 5.41) is 20.3. The van der Waals surface area contributed by atoms with Crippen molar-refractivity contribution in [2.75, 3.05) is 0 Å². The van der Waals surface area contributed by atoms with Gasteiger partial charge in [0.15, 0.2) is 5.82 Å². The van der Waals surface area contributed by atoms with Crippen LogP contribution in [0.15, 0.2) is 30.3 Å². The van der Waals surface area contributed by atoms with Crippen LogP contribution in [-0.2, 0) is 18.3 Å². The summed E-state index contributed by atoms with van der Waals surface area (Å²) in [7, 11) is 1.73. The minimum atomic E-state index is -0.832. The molecule has 19 heavy (non-hydrogen) atoms. The van der Waals surface area contributed by atoms with Crippen LogP contribution in [-0.4, -0.2) is 31.3 Å². The monoisotopic (exact) mass is 260 g/mol. The van der Waals surface area contributed by atoms with Gasteiger partial charge in [-0.1, -0.05) is 30.3 Å². The first-order chi connectivity index (χ1) is 9.16. The Bertz CT molecular complexity index is 539. The summed E-state index contributed by atoms with van der Waals surface area (Å²) >= 11 is 0. The number of aromatic nitrogens is 4. The quantitative estimate of drug-likeness (QED) is 0.849. The fourth-order valence-corrected chi connectivity index (χ4v) is 2.10. The van der Waals surface area contributed by atoms with Gasteiger partial charge in [-0.15, -0.1) is 5.10 Å². The number of carboxylic acid groups (broad SMARTS) is 1. The van der Waals surface area contributed by atoms with E-state index in [9.17, 15) is 4.79 Å². The van der Waals surface area contributed by atoms with Crippen LogP contribution in [0.4, 0.5) is 0 Å². The Labute approximate surface area is 111 Å². The van der Waals surface area contributed by atoms with E-state index in [1.165, 1.54) is 5.56 Å². The molecule has 1 aromatic carbocycles. The second kappa shape index (κ2) is 6.08. The molecule has 0 aliphatic carbocycles. The molecule has 0 aliphatic heterocycles. The van der Waals surface area contributed by atoms with Crippen LogP contribution in [0.5, 0.6) is 0 Å². The fourth-order valence-electron chi connectivity index (χ4n) is 2.10. The summed E-state index contributed by atoms with van der Waals surface area (Å²) in [6, 6.07) is 9.99. The molecule has 0 fully saturated rings. The number of aryl methyl sites for hydroxylation is 2. The Balaban J connectivity index is 2.07. The molecule has 1 aromatic heterocycles. The third kappa shape index (κ3) is 3.61. The van der Waals surface area contributed by atoms with Gasteiger partial charge in [-0.2, -0.15) is 0 Å². The van der Waals surface area contributed by atoms with Gasteiger partial charge in [0, 0.05) is 13.0 Å². The van der Waals surface area contributed by atoms with Gasteiger partial charge in [0.2, 0.25) is 0 Å². The van der Waals surface area contributed by atoms with Gasteiger partial charge in [0.05, 0.1) is 6.42 Å². The van der Waals surface area contributed by atoms with Crippen molar-refractivity contribution in [2.24, 2.45) is 7.05 Å². The van der Waals surface area contributed by atoms with Crippen molar-refractivity contribution in [3.63, 3.8) is 0 Å². The van der Waals surface area contributed by atoms with Crippen LogP contribution in [0, 0.1) is 0 Å². The molecule has 0 bridgehead atoms. The Kier molecular flexibility index (Phi) is 4.22. The zero-order valence-electron chi connectivity index (χ0n) is 10.7. The maximum Gasteiger partial charge on any atom is 0.304 e. The molecule has 0 amide bonds. The molecule has 100 valence electrons. The number of tetrazole rings is 1. The van der Waals surface area contributed by atoms with E-state index in [4.69, 9.17) is 5.11 Å². The number of aliphatic carboxylic acids is 1. The molecule has 0 aliphatic rings. The summed E-state index contributed by atoms with van der Waals surface area (Å²) in [4.78, 5) is 10.9. The number of hydrogen-bond acceptors (Lipinski definition) is 4. The highest BCUT2D eigenvalue weighted by Gasteiger charge is 2.20. The van der Waals surface area contributed by atoms with E-state index in [-0.39, 0.29) is 12.3 Å². The minimum absolute atomic E-state index is 0.0427. The molecule has 6 heteroatoms. The van der Waals surface area contributed by atoms with Crippen molar-refractivity contribution in [2.45, 2.75) is 25.2 Å². The highest BCUT2D eigenvalue weighted by molar-refractivity contribution is 5.67. The fraction of sp³-hybridized carbons (Fsp3) is 0.385. The van der Waals surface area contributed by atoms with E-state index in [1.54, 1.807) is 11.7 Å². The molecule has 0 radical (unpaired) electrons. The number of nitrogens with zero attached hydrogens (tertiary/aromatic N) is 4. The maximum atomic E-state index is 10.9. The van der Waals surface area contributed by atoms with Gasteiger partial charge < -0.3 is 5.11 Å². The number of carbonyl (C=O) groups is 1. The largest absolute Gasteiger partial charge is 0.481 e. The molecule has 6 nitrogen and oxygen atoms in total. The van der Waals surface area contributed by atoms with Crippen LogP contribution < -0.4 is 0 Å². The lowest BCUT2D eigenvalue weighted by Gasteiger charge is -2.12. The summed E-state index contributed by atoms with van der Waals surface area (Å²) in [5.41, 5.74) is 1.19. The van der Waals surface area contributed by atoms with Crippen molar-refractivity contribution in [3.8, 4) is 0 Å². The third-order valence-electron chi connectivity index (χ3n) is 3.06. The SMILES string of the molecule is Cn1nnnc1C(CCc1ccccc1)CC(=O)O. The number of benzene rings is 1. The highest BCUT2D eigenvalue weighted by Crippen LogP contribution is 2.22. The van der Waals surface area contributed by atoms with Gasteiger partial charge in [0.25, 0.3) is 0 Å². The van der Waals surface area contributed by atoms with Crippen molar-refractivity contribution in [3.05, 3.63) is 41.7 Å².